The monoisotopic (exact) mass is 421 g/mol. The maximum absolute atomic E-state index is 12.9. The van der Waals surface area contributed by atoms with E-state index in [-0.39, 0.29) is 11.8 Å². The summed E-state index contributed by atoms with van der Waals surface area (Å²) >= 11 is 0. The summed E-state index contributed by atoms with van der Waals surface area (Å²) in [6, 6.07) is 14.5. The molecule has 0 bridgehead atoms. The van der Waals surface area contributed by atoms with E-state index in [1.54, 1.807) is 35.1 Å². The van der Waals surface area contributed by atoms with Gasteiger partial charge >= 0.3 is 0 Å². The van der Waals surface area contributed by atoms with E-state index in [1.807, 2.05) is 37.3 Å². The van der Waals surface area contributed by atoms with Crippen molar-refractivity contribution in [1.29, 1.82) is 0 Å². The van der Waals surface area contributed by atoms with Gasteiger partial charge in [-0.1, -0.05) is 18.1 Å². The highest BCUT2D eigenvalue weighted by atomic mass is 16.2. The third-order valence-electron chi connectivity index (χ3n) is 5.40. The number of anilines is 1. The highest BCUT2D eigenvalue weighted by Crippen LogP contribution is 2.20. The molecule has 3 heterocycles. The van der Waals surface area contributed by atoms with Gasteiger partial charge in [-0.25, -0.2) is 9.50 Å². The lowest BCUT2D eigenvalue weighted by molar-refractivity contribution is 0.0944. The zero-order chi connectivity index (χ0) is 22.1. The largest absolute Gasteiger partial charge is 0.352 e. The molecule has 0 atom stereocenters. The number of imidazole rings is 1. The average molecular weight is 421 g/mol. The van der Waals surface area contributed by atoms with Gasteiger partial charge in [0.1, 0.15) is 5.69 Å². The first-order valence-electron chi connectivity index (χ1n) is 10.2. The average Bonchev–Trinajstić information content (AvgIpc) is 3.22. The highest BCUT2D eigenvalue weighted by Gasteiger charge is 2.17. The van der Waals surface area contributed by atoms with Crippen molar-refractivity contribution < 1.29 is 9.59 Å². The predicted octanol–water partition coefficient (Wildman–Crippen LogP) is 2.98. The van der Waals surface area contributed by atoms with E-state index >= 15 is 0 Å². The molecule has 32 heavy (non-hydrogen) atoms. The number of carbonyl (C=O) groups excluding carboxylic acids is 2. The third kappa shape index (κ3) is 3.70. The van der Waals surface area contributed by atoms with Crippen molar-refractivity contribution >= 4 is 23.1 Å². The number of hydrogen-bond donors (Lipinski definition) is 2. The second-order valence-electron chi connectivity index (χ2n) is 7.55. The Morgan fingerprint density at radius 3 is 2.97 bits per heavy atom. The highest BCUT2D eigenvalue weighted by molar-refractivity contribution is 6.05. The maximum Gasteiger partial charge on any atom is 0.255 e. The molecule has 0 saturated carbocycles. The van der Waals surface area contributed by atoms with Crippen LogP contribution in [-0.2, 0) is 6.42 Å². The van der Waals surface area contributed by atoms with Crippen LogP contribution in [0.5, 0.6) is 0 Å². The minimum Gasteiger partial charge on any atom is -0.352 e. The van der Waals surface area contributed by atoms with Crippen LogP contribution in [0.1, 0.15) is 43.1 Å². The molecule has 0 radical (unpaired) electrons. The zero-order valence-electron chi connectivity index (χ0n) is 17.3. The molecule has 0 spiro atoms. The van der Waals surface area contributed by atoms with Gasteiger partial charge in [0.15, 0.2) is 5.65 Å². The van der Waals surface area contributed by atoms with Gasteiger partial charge in [0.25, 0.3) is 11.8 Å². The molecule has 1 aliphatic heterocycles. The van der Waals surface area contributed by atoms with Crippen molar-refractivity contribution in [2.24, 2.45) is 0 Å². The summed E-state index contributed by atoms with van der Waals surface area (Å²) in [5.74, 6) is 5.84. The van der Waals surface area contributed by atoms with Crippen molar-refractivity contribution in [2.75, 3.05) is 11.9 Å². The van der Waals surface area contributed by atoms with Gasteiger partial charge in [0.2, 0.25) is 0 Å². The lowest BCUT2D eigenvalue weighted by Crippen LogP contribution is -2.31. The predicted molar refractivity (Wildman–Crippen MR) is 121 cm³/mol. The summed E-state index contributed by atoms with van der Waals surface area (Å²) in [6.07, 6.45) is 4.14. The normalized spacial score (nSPS) is 12.5. The molecule has 5 rings (SSSR count). The fraction of sp³-hybridized carbons (Fsp3) is 0.120. The summed E-state index contributed by atoms with van der Waals surface area (Å²) in [6.45, 7) is 2.58. The molecule has 1 aliphatic rings. The molecule has 2 aromatic carbocycles. The Balaban J connectivity index is 1.40. The van der Waals surface area contributed by atoms with Crippen LogP contribution >= 0.6 is 0 Å². The Hall–Kier alpha value is -4.44. The summed E-state index contributed by atoms with van der Waals surface area (Å²) < 4.78 is 1.67. The molecular formula is C25H19N5O2. The molecule has 7 heteroatoms. The lowest BCUT2D eigenvalue weighted by Gasteiger charge is -2.17. The van der Waals surface area contributed by atoms with Gasteiger partial charge in [-0.15, -0.1) is 0 Å². The summed E-state index contributed by atoms with van der Waals surface area (Å²) in [5, 5.41) is 9.96. The van der Waals surface area contributed by atoms with Crippen LogP contribution in [0.2, 0.25) is 0 Å². The number of benzene rings is 2. The maximum atomic E-state index is 12.9. The number of aromatic nitrogens is 3. The van der Waals surface area contributed by atoms with Crippen LogP contribution in [0.3, 0.4) is 0 Å². The zero-order valence-corrected chi connectivity index (χ0v) is 17.3. The minimum absolute atomic E-state index is 0.114. The Bertz CT molecular complexity index is 1440. The van der Waals surface area contributed by atoms with Crippen LogP contribution < -0.4 is 10.6 Å². The van der Waals surface area contributed by atoms with Gasteiger partial charge in [0.05, 0.1) is 6.20 Å². The van der Waals surface area contributed by atoms with E-state index in [9.17, 15) is 9.59 Å². The first-order valence-corrected chi connectivity index (χ1v) is 10.2. The fourth-order valence-corrected chi connectivity index (χ4v) is 3.64. The number of hydrogen-bond acceptors (Lipinski definition) is 4. The van der Waals surface area contributed by atoms with E-state index in [0.717, 1.165) is 28.8 Å². The number of nitrogens with one attached hydrogen (secondary N) is 2. The molecule has 0 aliphatic carbocycles. The SMILES string of the molecule is Cc1ccc(C(=O)Nc2ccc3c(c2)C(=O)NCC3)cc1C#Cc1cnc2cccnn12. The van der Waals surface area contributed by atoms with Crippen LogP contribution in [0, 0.1) is 18.8 Å². The van der Waals surface area contributed by atoms with Gasteiger partial charge < -0.3 is 10.6 Å². The quantitative estimate of drug-likeness (QED) is 0.487. The molecule has 2 N–H and O–H groups in total. The van der Waals surface area contributed by atoms with Gasteiger partial charge in [-0.3, -0.25) is 9.59 Å². The third-order valence-corrected chi connectivity index (χ3v) is 5.40. The molecule has 0 unspecified atom stereocenters. The Morgan fingerprint density at radius 2 is 2.06 bits per heavy atom. The van der Waals surface area contributed by atoms with Crippen molar-refractivity contribution in [3.8, 4) is 11.8 Å². The van der Waals surface area contributed by atoms with Gasteiger partial charge in [-0.05, 0) is 66.8 Å². The first-order chi connectivity index (χ1) is 15.6. The first kappa shape index (κ1) is 19.5. The topological polar surface area (TPSA) is 88.4 Å². The molecule has 156 valence electrons. The number of amides is 2. The molecule has 7 nitrogen and oxygen atoms in total. The summed E-state index contributed by atoms with van der Waals surface area (Å²) in [4.78, 5) is 29.2. The van der Waals surface area contributed by atoms with E-state index in [1.165, 1.54) is 0 Å². The smallest absolute Gasteiger partial charge is 0.255 e. The summed E-state index contributed by atoms with van der Waals surface area (Å²) in [5.41, 5.74) is 5.75. The molecule has 0 saturated heterocycles. The molecule has 0 fully saturated rings. The van der Waals surface area contributed by atoms with Crippen LogP contribution in [-0.4, -0.2) is 33.0 Å². The van der Waals surface area contributed by atoms with E-state index in [4.69, 9.17) is 0 Å². The van der Waals surface area contributed by atoms with E-state index in [0.29, 0.717) is 29.1 Å². The van der Waals surface area contributed by atoms with Crippen molar-refractivity contribution in [2.45, 2.75) is 13.3 Å². The van der Waals surface area contributed by atoms with Crippen molar-refractivity contribution in [3.05, 3.63) is 94.4 Å². The number of rotatable bonds is 2. The van der Waals surface area contributed by atoms with Gasteiger partial charge in [0, 0.05) is 35.1 Å². The molecule has 2 aromatic heterocycles. The number of nitrogens with zero attached hydrogens (tertiary/aromatic N) is 3. The Kier molecular flexibility index (Phi) is 4.88. The van der Waals surface area contributed by atoms with Crippen LogP contribution in [0.15, 0.2) is 60.9 Å². The van der Waals surface area contributed by atoms with E-state index < -0.39 is 0 Å². The number of aryl methyl sites for hydroxylation is 1. The van der Waals surface area contributed by atoms with E-state index in [2.05, 4.69) is 32.6 Å². The Labute approximate surface area is 184 Å². The standard InChI is InChI=1S/C25H19N5O2/c1-16-4-5-19(13-18(16)7-9-21-15-27-23-3-2-11-28-30(21)23)24(31)29-20-8-6-17-10-12-26-25(32)22(17)14-20/h2-6,8,11,13-15H,10,12H2,1H3,(H,26,32)(H,29,31). The molecule has 4 aromatic rings. The number of carbonyl (C=O) groups is 2. The fourth-order valence-electron chi connectivity index (χ4n) is 3.64. The van der Waals surface area contributed by atoms with Crippen molar-refractivity contribution in [3.63, 3.8) is 0 Å². The molecule has 2 amide bonds. The number of fused-ring (bicyclic) bond motifs is 2. The second kappa shape index (κ2) is 8.00. The summed E-state index contributed by atoms with van der Waals surface area (Å²) in [7, 11) is 0. The van der Waals surface area contributed by atoms with Crippen LogP contribution in [0.25, 0.3) is 5.65 Å². The molecular weight excluding hydrogens is 402 g/mol. The van der Waals surface area contributed by atoms with Crippen molar-refractivity contribution in [1.82, 2.24) is 19.9 Å². The Morgan fingerprint density at radius 1 is 1.16 bits per heavy atom. The van der Waals surface area contributed by atoms with Gasteiger partial charge in [-0.2, -0.15) is 5.10 Å². The second-order valence-corrected chi connectivity index (χ2v) is 7.55. The minimum atomic E-state index is -0.263. The van der Waals surface area contributed by atoms with Crippen LogP contribution in [0.4, 0.5) is 5.69 Å². The lowest BCUT2D eigenvalue weighted by atomic mass is 9.99.